The smallest absolute Gasteiger partial charge is 0.330 e. The Kier molecular flexibility index (Phi) is 4.58. The summed E-state index contributed by atoms with van der Waals surface area (Å²) in [6.07, 6.45) is 1.62. The lowest BCUT2D eigenvalue weighted by atomic mass is 10.2. The highest BCUT2D eigenvalue weighted by molar-refractivity contribution is 5.78. The SMILES string of the molecule is COc1nc(C)cn1C(=O)NCC#CC(C)C. The first-order valence-electron chi connectivity index (χ1n) is 5.41. The molecule has 0 fully saturated rings. The minimum Gasteiger partial charge on any atom is -0.468 e. The van der Waals surface area contributed by atoms with Gasteiger partial charge in [-0.25, -0.2) is 14.3 Å². The van der Waals surface area contributed by atoms with Crippen LogP contribution in [-0.2, 0) is 0 Å². The van der Waals surface area contributed by atoms with Crippen LogP contribution in [0.5, 0.6) is 6.01 Å². The Bertz CT molecular complexity index is 452. The molecule has 17 heavy (non-hydrogen) atoms. The van der Waals surface area contributed by atoms with E-state index in [4.69, 9.17) is 4.74 Å². The predicted molar refractivity (Wildman–Crippen MR) is 64.9 cm³/mol. The van der Waals surface area contributed by atoms with E-state index in [1.807, 2.05) is 13.8 Å². The van der Waals surface area contributed by atoms with Crippen LogP contribution in [0.1, 0.15) is 19.5 Å². The molecule has 0 unspecified atom stereocenters. The van der Waals surface area contributed by atoms with Gasteiger partial charge in [0.1, 0.15) is 0 Å². The molecule has 1 rings (SSSR count). The third kappa shape index (κ3) is 3.83. The van der Waals surface area contributed by atoms with Gasteiger partial charge in [0.25, 0.3) is 0 Å². The van der Waals surface area contributed by atoms with Crippen LogP contribution in [0.25, 0.3) is 0 Å². The standard InChI is InChI=1S/C12H17N3O2/c1-9(2)6-5-7-13-11(16)15-8-10(3)14-12(15)17-4/h8-9H,7H2,1-4H3,(H,13,16). The number of imidazole rings is 1. The maximum atomic E-state index is 11.7. The van der Waals surface area contributed by atoms with Crippen LogP contribution in [-0.4, -0.2) is 29.2 Å². The number of nitrogens with zero attached hydrogens (tertiary/aromatic N) is 2. The minimum absolute atomic E-state index is 0.275. The van der Waals surface area contributed by atoms with Gasteiger partial charge in [-0.2, -0.15) is 0 Å². The van der Waals surface area contributed by atoms with Crippen molar-refractivity contribution in [1.82, 2.24) is 14.9 Å². The van der Waals surface area contributed by atoms with Gasteiger partial charge in [0.05, 0.1) is 19.3 Å². The van der Waals surface area contributed by atoms with Crippen LogP contribution in [0.4, 0.5) is 4.79 Å². The molecule has 0 atom stereocenters. The lowest BCUT2D eigenvalue weighted by Gasteiger charge is -2.04. The third-order valence-corrected chi connectivity index (χ3v) is 1.91. The fourth-order valence-electron chi connectivity index (χ4n) is 1.23. The number of aryl methyl sites for hydroxylation is 1. The van der Waals surface area contributed by atoms with E-state index in [9.17, 15) is 4.79 Å². The van der Waals surface area contributed by atoms with E-state index in [1.165, 1.54) is 11.7 Å². The predicted octanol–water partition coefficient (Wildman–Crippen LogP) is 1.42. The van der Waals surface area contributed by atoms with E-state index >= 15 is 0 Å². The molecule has 0 saturated carbocycles. The highest BCUT2D eigenvalue weighted by Gasteiger charge is 2.11. The number of hydrogen-bond donors (Lipinski definition) is 1. The summed E-state index contributed by atoms with van der Waals surface area (Å²) >= 11 is 0. The van der Waals surface area contributed by atoms with Crippen molar-refractivity contribution in [3.63, 3.8) is 0 Å². The van der Waals surface area contributed by atoms with Crippen molar-refractivity contribution in [2.45, 2.75) is 20.8 Å². The maximum absolute atomic E-state index is 11.7. The lowest BCUT2D eigenvalue weighted by molar-refractivity contribution is 0.239. The molecule has 0 saturated heterocycles. The summed E-state index contributed by atoms with van der Waals surface area (Å²) < 4.78 is 6.31. The first kappa shape index (κ1) is 13.1. The van der Waals surface area contributed by atoms with E-state index < -0.39 is 0 Å². The summed E-state index contributed by atoms with van der Waals surface area (Å²) in [4.78, 5) is 15.8. The normalized spacial score (nSPS) is 9.71. The Morgan fingerprint density at radius 2 is 2.35 bits per heavy atom. The molecule has 1 aromatic heterocycles. The van der Waals surface area contributed by atoms with E-state index in [2.05, 4.69) is 22.1 Å². The highest BCUT2D eigenvalue weighted by Crippen LogP contribution is 2.09. The highest BCUT2D eigenvalue weighted by atomic mass is 16.5. The van der Waals surface area contributed by atoms with E-state index in [0.29, 0.717) is 12.5 Å². The van der Waals surface area contributed by atoms with Gasteiger partial charge < -0.3 is 10.1 Å². The summed E-state index contributed by atoms with van der Waals surface area (Å²) in [7, 11) is 1.48. The first-order chi connectivity index (χ1) is 8.04. The van der Waals surface area contributed by atoms with Crippen LogP contribution in [0.2, 0.25) is 0 Å². The summed E-state index contributed by atoms with van der Waals surface area (Å²) in [5.41, 5.74) is 0.727. The van der Waals surface area contributed by atoms with E-state index in [0.717, 1.165) is 5.69 Å². The second-order valence-electron chi connectivity index (χ2n) is 3.87. The molecule has 1 N–H and O–H groups in total. The van der Waals surface area contributed by atoms with Gasteiger partial charge in [0.15, 0.2) is 0 Å². The Morgan fingerprint density at radius 3 is 2.94 bits per heavy atom. The number of carbonyl (C=O) groups excluding carboxylic acids is 1. The zero-order chi connectivity index (χ0) is 12.8. The molecule has 0 aliphatic carbocycles. The maximum Gasteiger partial charge on any atom is 0.330 e. The van der Waals surface area contributed by atoms with E-state index in [-0.39, 0.29) is 12.0 Å². The fourth-order valence-corrected chi connectivity index (χ4v) is 1.23. The van der Waals surface area contributed by atoms with Crippen LogP contribution >= 0.6 is 0 Å². The number of aromatic nitrogens is 2. The van der Waals surface area contributed by atoms with Crippen LogP contribution in [0.3, 0.4) is 0 Å². The van der Waals surface area contributed by atoms with Crippen molar-refractivity contribution < 1.29 is 9.53 Å². The van der Waals surface area contributed by atoms with E-state index in [1.54, 1.807) is 13.1 Å². The quantitative estimate of drug-likeness (QED) is 0.789. The summed E-state index contributed by atoms with van der Waals surface area (Å²) in [5, 5.41) is 2.67. The van der Waals surface area contributed by atoms with Gasteiger partial charge in [-0.15, -0.1) is 0 Å². The van der Waals surface area contributed by atoms with Gasteiger partial charge in [-0.3, -0.25) is 0 Å². The number of amides is 1. The van der Waals surface area contributed by atoms with Gasteiger partial charge in [-0.1, -0.05) is 25.7 Å². The first-order valence-corrected chi connectivity index (χ1v) is 5.41. The molecule has 0 radical (unpaired) electrons. The van der Waals surface area contributed by atoms with Crippen molar-refractivity contribution in [2.75, 3.05) is 13.7 Å². The Labute approximate surface area is 101 Å². The zero-order valence-electron chi connectivity index (χ0n) is 10.6. The number of nitrogens with one attached hydrogen (secondary N) is 1. The van der Waals surface area contributed by atoms with Crippen molar-refractivity contribution in [3.05, 3.63) is 11.9 Å². The molecule has 1 aromatic rings. The fraction of sp³-hybridized carbons (Fsp3) is 0.500. The Hall–Kier alpha value is -1.96. The molecule has 0 aliphatic heterocycles. The molecule has 1 heterocycles. The van der Waals surface area contributed by atoms with Gasteiger partial charge in [0, 0.05) is 12.1 Å². The monoisotopic (exact) mass is 235 g/mol. The molecule has 0 aliphatic rings. The average Bonchev–Trinajstić information content (AvgIpc) is 2.65. The molecule has 0 spiro atoms. The topological polar surface area (TPSA) is 56.2 Å². The Balaban J connectivity index is 2.62. The van der Waals surface area contributed by atoms with Gasteiger partial charge in [-0.05, 0) is 6.92 Å². The minimum atomic E-state index is -0.291. The third-order valence-electron chi connectivity index (χ3n) is 1.91. The summed E-state index contributed by atoms with van der Waals surface area (Å²) in [6.45, 7) is 6.11. The lowest BCUT2D eigenvalue weighted by Crippen LogP contribution is -2.28. The molecule has 0 aromatic carbocycles. The largest absolute Gasteiger partial charge is 0.468 e. The molecular formula is C12H17N3O2. The second kappa shape index (κ2) is 5.94. The molecule has 5 nitrogen and oxygen atoms in total. The van der Waals surface area contributed by atoms with Gasteiger partial charge >= 0.3 is 12.0 Å². The average molecular weight is 235 g/mol. The number of ether oxygens (including phenoxy) is 1. The number of methoxy groups -OCH3 is 1. The van der Waals surface area contributed by atoms with Crippen molar-refractivity contribution in [2.24, 2.45) is 5.92 Å². The Morgan fingerprint density at radius 1 is 1.65 bits per heavy atom. The van der Waals surface area contributed by atoms with Crippen molar-refractivity contribution >= 4 is 6.03 Å². The number of rotatable bonds is 2. The van der Waals surface area contributed by atoms with Crippen LogP contribution in [0, 0.1) is 24.7 Å². The van der Waals surface area contributed by atoms with Crippen LogP contribution in [0.15, 0.2) is 6.20 Å². The molecule has 5 heteroatoms. The number of carbonyl (C=O) groups is 1. The summed E-state index contributed by atoms with van der Waals surface area (Å²) in [6, 6.07) is -0.0164. The second-order valence-corrected chi connectivity index (χ2v) is 3.87. The molecule has 0 bridgehead atoms. The summed E-state index contributed by atoms with van der Waals surface area (Å²) in [5.74, 6) is 6.14. The van der Waals surface area contributed by atoms with Crippen LogP contribution < -0.4 is 10.1 Å². The number of hydrogen-bond acceptors (Lipinski definition) is 3. The van der Waals surface area contributed by atoms with Crippen molar-refractivity contribution in [3.8, 4) is 17.9 Å². The molecular weight excluding hydrogens is 218 g/mol. The van der Waals surface area contributed by atoms with Gasteiger partial charge in [0.2, 0.25) is 0 Å². The van der Waals surface area contributed by atoms with Crippen molar-refractivity contribution in [1.29, 1.82) is 0 Å². The zero-order valence-corrected chi connectivity index (χ0v) is 10.6. The molecule has 1 amide bonds. The molecule has 92 valence electrons.